The number of nitrogens with zero attached hydrogens (tertiary/aromatic N) is 6. The summed E-state index contributed by atoms with van der Waals surface area (Å²) in [5.74, 6) is 0.951. The van der Waals surface area contributed by atoms with E-state index in [9.17, 15) is 8.78 Å². The van der Waals surface area contributed by atoms with Crippen LogP contribution in [0.2, 0.25) is 0 Å². The van der Waals surface area contributed by atoms with Crippen LogP contribution >= 0.6 is 0 Å². The van der Waals surface area contributed by atoms with Crippen LogP contribution in [0.25, 0.3) is 21.6 Å². The molecule has 3 aliphatic rings. The third kappa shape index (κ3) is 2.71. The highest BCUT2D eigenvalue weighted by Crippen LogP contribution is 2.79. The highest BCUT2D eigenvalue weighted by molar-refractivity contribution is 5.81. The van der Waals surface area contributed by atoms with Crippen LogP contribution in [0, 0.1) is 17.9 Å². The van der Waals surface area contributed by atoms with E-state index in [0.29, 0.717) is 30.5 Å². The van der Waals surface area contributed by atoms with Crippen molar-refractivity contribution in [2.45, 2.75) is 37.6 Å². The molecule has 1 aliphatic heterocycles. The number of rotatable bonds is 5. The smallest absolute Gasteiger partial charge is 0.264 e. The van der Waals surface area contributed by atoms with E-state index in [1.54, 1.807) is 24.0 Å². The maximum atomic E-state index is 13.2. The molecule has 2 saturated carbocycles. The molecule has 0 radical (unpaired) electrons. The number of aromatic nitrogens is 4. The first-order valence-corrected chi connectivity index (χ1v) is 11.0. The van der Waals surface area contributed by atoms with Crippen molar-refractivity contribution in [1.82, 2.24) is 19.7 Å². The Morgan fingerprint density at radius 2 is 2.03 bits per heavy atom. The third-order valence-electron chi connectivity index (χ3n) is 7.48. The van der Waals surface area contributed by atoms with Crippen molar-refractivity contribution in [1.29, 1.82) is 0 Å². The highest BCUT2D eigenvalue weighted by Gasteiger charge is 2.82. The van der Waals surface area contributed by atoms with Crippen LogP contribution in [-0.4, -0.2) is 46.3 Å². The summed E-state index contributed by atoms with van der Waals surface area (Å²) in [5.41, 5.74) is 1.71. The molecule has 0 bridgehead atoms. The summed E-state index contributed by atoms with van der Waals surface area (Å²) in [6.07, 6.45) is 3.09. The zero-order valence-electron chi connectivity index (χ0n) is 17.7. The van der Waals surface area contributed by atoms with Crippen LogP contribution in [0.1, 0.15) is 31.2 Å². The van der Waals surface area contributed by atoms with Gasteiger partial charge < -0.3 is 15.1 Å². The van der Waals surface area contributed by atoms with E-state index < -0.39 is 17.9 Å². The molecule has 2 aromatic heterocycles. The first-order valence-electron chi connectivity index (χ1n) is 11.0. The number of alkyl halides is 2. The number of benzene rings is 1. The molecule has 3 heterocycles. The molecule has 0 unspecified atom stereocenters. The van der Waals surface area contributed by atoms with Crippen LogP contribution in [0.4, 0.5) is 20.5 Å². The molecule has 2 aliphatic carbocycles. The van der Waals surface area contributed by atoms with Crippen LogP contribution in [0.5, 0.6) is 0 Å². The quantitative estimate of drug-likeness (QED) is 0.607. The Bertz CT molecular complexity index is 1260. The second-order valence-electron chi connectivity index (χ2n) is 9.25. The molecule has 2 atom stereocenters. The van der Waals surface area contributed by atoms with Gasteiger partial charge >= 0.3 is 0 Å². The number of fused-ring (bicyclic) bond motifs is 1. The molecule has 1 N–H and O–H groups in total. The first-order chi connectivity index (χ1) is 15.5. The fourth-order valence-electron chi connectivity index (χ4n) is 5.28. The third-order valence-corrected chi connectivity index (χ3v) is 7.48. The molecule has 164 valence electrons. The molecule has 3 fully saturated rings. The van der Waals surface area contributed by atoms with Crippen LogP contribution in [0.3, 0.4) is 0 Å². The summed E-state index contributed by atoms with van der Waals surface area (Å²) < 4.78 is 28.1. The minimum atomic E-state index is -2.33. The normalized spacial score (nSPS) is 25.5. The summed E-state index contributed by atoms with van der Waals surface area (Å²) in [6, 6.07) is 7.94. The van der Waals surface area contributed by atoms with E-state index in [0.717, 1.165) is 35.7 Å². The minimum absolute atomic E-state index is 0.186. The van der Waals surface area contributed by atoms with Crippen molar-refractivity contribution in [2.24, 2.45) is 11.3 Å². The highest BCUT2D eigenvalue weighted by atomic mass is 19.3. The van der Waals surface area contributed by atoms with E-state index in [1.807, 2.05) is 11.0 Å². The lowest BCUT2D eigenvalue weighted by molar-refractivity contribution is 0.0880. The summed E-state index contributed by atoms with van der Waals surface area (Å²) in [4.78, 5) is 15.0. The number of hydrogen-bond donors (Lipinski definition) is 1. The van der Waals surface area contributed by atoms with Gasteiger partial charge in [0.1, 0.15) is 5.82 Å². The van der Waals surface area contributed by atoms with Gasteiger partial charge in [-0.25, -0.2) is 20.0 Å². The maximum absolute atomic E-state index is 13.2. The fourth-order valence-corrected chi connectivity index (χ4v) is 5.28. The Morgan fingerprint density at radius 3 is 2.69 bits per heavy atom. The second-order valence-corrected chi connectivity index (χ2v) is 9.25. The predicted octanol–water partition coefficient (Wildman–Crippen LogP) is 4.25. The zero-order chi connectivity index (χ0) is 22.1. The van der Waals surface area contributed by atoms with Crippen molar-refractivity contribution < 1.29 is 8.78 Å². The van der Waals surface area contributed by atoms with Gasteiger partial charge in [-0.15, -0.1) is 0 Å². The number of hydrogen-bond acceptors (Lipinski definition) is 5. The molecule has 6 rings (SSSR count). The summed E-state index contributed by atoms with van der Waals surface area (Å²) >= 11 is 0. The number of anilines is 2. The van der Waals surface area contributed by atoms with Crippen molar-refractivity contribution in [3.63, 3.8) is 0 Å². The molecule has 9 heteroatoms. The fraction of sp³-hybridized carbons (Fsp3) is 0.478. The SMILES string of the molecule is [C-]#[N+][C@@]1(c2ccc3cnn(-c4cc(N5CC[C@H](C(F)F)C5)nc(NC)n4)c3c2)CC12CC2. The molecule has 0 amide bonds. The first kappa shape index (κ1) is 19.4. The molecular formula is C23H23F2N7. The molecule has 1 saturated heterocycles. The summed E-state index contributed by atoms with van der Waals surface area (Å²) in [6.45, 7) is 8.64. The Labute approximate surface area is 184 Å². The number of halogens is 2. The van der Waals surface area contributed by atoms with Gasteiger partial charge in [-0.05, 0) is 25.3 Å². The van der Waals surface area contributed by atoms with Crippen molar-refractivity contribution in [3.8, 4) is 5.82 Å². The lowest BCUT2D eigenvalue weighted by Gasteiger charge is -2.19. The van der Waals surface area contributed by atoms with Gasteiger partial charge in [0.25, 0.3) is 5.54 Å². The topological polar surface area (TPSA) is 63.2 Å². The molecule has 1 spiro atoms. The lowest BCUT2D eigenvalue weighted by Crippen LogP contribution is -2.23. The summed E-state index contributed by atoms with van der Waals surface area (Å²) in [5, 5.41) is 8.49. The van der Waals surface area contributed by atoms with E-state index in [4.69, 9.17) is 6.57 Å². The average Bonchev–Trinajstić information content (AvgIpc) is 3.56. The van der Waals surface area contributed by atoms with Crippen molar-refractivity contribution >= 4 is 22.7 Å². The monoisotopic (exact) mass is 435 g/mol. The van der Waals surface area contributed by atoms with Gasteiger partial charge in [0.15, 0.2) is 5.82 Å². The van der Waals surface area contributed by atoms with Crippen molar-refractivity contribution in [3.05, 3.63) is 47.4 Å². The molecular weight excluding hydrogens is 412 g/mol. The largest absolute Gasteiger partial charge is 0.357 e. The van der Waals surface area contributed by atoms with Gasteiger partial charge in [0, 0.05) is 49.5 Å². The minimum Gasteiger partial charge on any atom is -0.357 e. The van der Waals surface area contributed by atoms with Crippen LogP contribution in [-0.2, 0) is 5.54 Å². The summed E-state index contributed by atoms with van der Waals surface area (Å²) in [7, 11) is 1.73. The van der Waals surface area contributed by atoms with Crippen LogP contribution < -0.4 is 10.2 Å². The lowest BCUT2D eigenvalue weighted by atomic mass is 10.0. The predicted molar refractivity (Wildman–Crippen MR) is 117 cm³/mol. The van der Waals surface area contributed by atoms with Crippen LogP contribution in [0.15, 0.2) is 30.5 Å². The standard InChI is InChI=1S/C23H23F2N7/c1-26-21-29-18(31-8-5-15(12-31)20(24)25)10-19(30-21)32-17-9-16(4-3-14(17)11-28-32)23(27-2)13-22(23)6-7-22/h3-4,9-11,15,20H,5-8,12-13H2,1H3,(H,26,29,30)/t15-,23+/m0/s1. The Balaban J connectivity index is 1.41. The Hall–Kier alpha value is -3.28. The molecule has 1 aromatic carbocycles. The van der Waals surface area contributed by atoms with E-state index in [2.05, 4.69) is 37.4 Å². The Kier molecular flexibility index (Phi) is 4.01. The molecule has 32 heavy (non-hydrogen) atoms. The maximum Gasteiger partial charge on any atom is 0.264 e. The van der Waals surface area contributed by atoms with Gasteiger partial charge in [-0.3, -0.25) is 0 Å². The average molecular weight is 435 g/mol. The second kappa shape index (κ2) is 6.61. The van der Waals surface area contributed by atoms with E-state index in [-0.39, 0.29) is 12.0 Å². The van der Waals surface area contributed by atoms with Gasteiger partial charge in [0.05, 0.1) is 17.1 Å². The molecule has 7 nitrogen and oxygen atoms in total. The van der Waals surface area contributed by atoms with Crippen molar-refractivity contribution in [2.75, 3.05) is 30.4 Å². The zero-order valence-corrected chi connectivity index (χ0v) is 17.7. The Morgan fingerprint density at radius 1 is 1.22 bits per heavy atom. The van der Waals surface area contributed by atoms with E-state index in [1.165, 1.54) is 0 Å². The van der Waals surface area contributed by atoms with Gasteiger partial charge in [-0.2, -0.15) is 15.1 Å². The number of nitrogens with one attached hydrogen (secondary N) is 1. The van der Waals surface area contributed by atoms with Gasteiger partial charge in [-0.1, -0.05) is 12.1 Å². The van der Waals surface area contributed by atoms with Gasteiger partial charge in [0.2, 0.25) is 12.4 Å². The molecule has 3 aromatic rings. The van der Waals surface area contributed by atoms with E-state index >= 15 is 0 Å².